The molecule has 6 heteroatoms. The Balaban J connectivity index is 2.06. The third-order valence-electron chi connectivity index (χ3n) is 3.27. The summed E-state index contributed by atoms with van der Waals surface area (Å²) in [5.41, 5.74) is 5.38. The highest BCUT2D eigenvalue weighted by atomic mass is 19.2. The molecule has 1 heterocycles. The number of aromatic nitrogens is 2. The van der Waals surface area contributed by atoms with Crippen LogP contribution in [0, 0.1) is 11.6 Å². The standard InChI is InChI=1S/C15H12F2N4/c16-11-3-1-9(7-12(11)17)15(21-18)10-2-4-13-14(8-10)20-6-5-19-13/h1-8,15,21H,18H2. The first-order chi connectivity index (χ1) is 10.2. The summed E-state index contributed by atoms with van der Waals surface area (Å²) in [5.74, 6) is 3.77. The van der Waals surface area contributed by atoms with E-state index in [2.05, 4.69) is 15.4 Å². The largest absolute Gasteiger partial charge is 0.271 e. The molecule has 0 saturated carbocycles. The van der Waals surface area contributed by atoms with Gasteiger partial charge in [0.05, 0.1) is 17.1 Å². The van der Waals surface area contributed by atoms with Gasteiger partial charge in [-0.2, -0.15) is 0 Å². The van der Waals surface area contributed by atoms with Crippen molar-refractivity contribution < 1.29 is 8.78 Å². The molecule has 0 fully saturated rings. The maximum atomic E-state index is 13.4. The van der Waals surface area contributed by atoms with Crippen molar-refractivity contribution in [2.75, 3.05) is 0 Å². The number of nitrogens with two attached hydrogens (primary N) is 1. The third kappa shape index (κ3) is 2.58. The van der Waals surface area contributed by atoms with Crippen molar-refractivity contribution in [3.8, 4) is 0 Å². The van der Waals surface area contributed by atoms with Crippen LogP contribution < -0.4 is 11.3 Å². The predicted molar refractivity (Wildman–Crippen MR) is 75.1 cm³/mol. The van der Waals surface area contributed by atoms with E-state index in [-0.39, 0.29) is 0 Å². The molecule has 2 aromatic carbocycles. The van der Waals surface area contributed by atoms with Crippen LogP contribution in [0.25, 0.3) is 11.0 Å². The summed E-state index contributed by atoms with van der Waals surface area (Å²) in [6, 6.07) is 8.67. The van der Waals surface area contributed by atoms with Crippen molar-refractivity contribution in [1.82, 2.24) is 15.4 Å². The highest BCUT2D eigenvalue weighted by Crippen LogP contribution is 2.24. The fourth-order valence-electron chi connectivity index (χ4n) is 2.24. The van der Waals surface area contributed by atoms with Gasteiger partial charge in [0.25, 0.3) is 0 Å². The molecule has 0 aliphatic carbocycles. The number of fused-ring (bicyclic) bond motifs is 1. The van der Waals surface area contributed by atoms with Gasteiger partial charge in [-0.25, -0.2) is 14.2 Å². The Morgan fingerprint density at radius 3 is 2.24 bits per heavy atom. The number of rotatable bonds is 3. The summed E-state index contributed by atoms with van der Waals surface area (Å²) >= 11 is 0. The second-order valence-corrected chi connectivity index (χ2v) is 4.58. The summed E-state index contributed by atoms with van der Waals surface area (Å²) < 4.78 is 26.4. The topological polar surface area (TPSA) is 63.8 Å². The zero-order valence-electron chi connectivity index (χ0n) is 10.9. The fourth-order valence-corrected chi connectivity index (χ4v) is 2.24. The average Bonchev–Trinajstić information content (AvgIpc) is 2.51. The average molecular weight is 286 g/mol. The lowest BCUT2D eigenvalue weighted by Gasteiger charge is -2.17. The first kappa shape index (κ1) is 13.5. The van der Waals surface area contributed by atoms with E-state index in [4.69, 9.17) is 5.84 Å². The molecular weight excluding hydrogens is 274 g/mol. The lowest BCUT2D eigenvalue weighted by atomic mass is 9.98. The van der Waals surface area contributed by atoms with Crippen LogP contribution in [0.2, 0.25) is 0 Å². The van der Waals surface area contributed by atoms with Crippen molar-refractivity contribution in [3.63, 3.8) is 0 Å². The number of hydrogen-bond acceptors (Lipinski definition) is 4. The van der Waals surface area contributed by atoms with Crippen LogP contribution >= 0.6 is 0 Å². The summed E-state index contributed by atoms with van der Waals surface area (Å²) in [6.45, 7) is 0. The lowest BCUT2D eigenvalue weighted by Crippen LogP contribution is -2.29. The van der Waals surface area contributed by atoms with Crippen LogP contribution in [-0.2, 0) is 0 Å². The summed E-state index contributed by atoms with van der Waals surface area (Å²) in [5, 5.41) is 0. The number of hydrogen-bond donors (Lipinski definition) is 2. The first-order valence-electron chi connectivity index (χ1n) is 6.31. The Hall–Kier alpha value is -2.44. The quantitative estimate of drug-likeness (QED) is 0.573. The van der Waals surface area contributed by atoms with E-state index in [1.54, 1.807) is 12.4 Å². The summed E-state index contributed by atoms with van der Waals surface area (Å²) in [6.07, 6.45) is 3.20. The SMILES string of the molecule is NNC(c1ccc(F)c(F)c1)c1ccc2nccnc2c1. The minimum absolute atomic E-state index is 0.466. The Morgan fingerprint density at radius 2 is 1.52 bits per heavy atom. The van der Waals surface area contributed by atoms with E-state index >= 15 is 0 Å². The molecule has 0 radical (unpaired) electrons. The molecule has 0 aliphatic heterocycles. The third-order valence-corrected chi connectivity index (χ3v) is 3.27. The minimum atomic E-state index is -0.909. The highest BCUT2D eigenvalue weighted by Gasteiger charge is 2.15. The summed E-state index contributed by atoms with van der Waals surface area (Å²) in [4.78, 5) is 8.40. The molecule has 106 valence electrons. The minimum Gasteiger partial charge on any atom is -0.271 e. The molecule has 0 amide bonds. The van der Waals surface area contributed by atoms with Gasteiger partial charge in [0, 0.05) is 12.4 Å². The molecule has 0 aliphatic rings. The number of nitrogens with one attached hydrogen (secondary N) is 1. The Bertz CT molecular complexity index is 791. The molecule has 4 nitrogen and oxygen atoms in total. The van der Waals surface area contributed by atoms with Crippen LogP contribution in [0.1, 0.15) is 17.2 Å². The van der Waals surface area contributed by atoms with Crippen LogP contribution in [0.4, 0.5) is 8.78 Å². The normalized spacial score (nSPS) is 12.5. The van der Waals surface area contributed by atoms with Crippen LogP contribution in [0.5, 0.6) is 0 Å². The first-order valence-corrected chi connectivity index (χ1v) is 6.31. The van der Waals surface area contributed by atoms with Gasteiger partial charge in [-0.3, -0.25) is 15.8 Å². The molecule has 3 aromatic rings. The van der Waals surface area contributed by atoms with Crippen LogP contribution in [0.15, 0.2) is 48.8 Å². The number of benzene rings is 2. The smallest absolute Gasteiger partial charge is 0.159 e. The van der Waals surface area contributed by atoms with Gasteiger partial charge in [-0.05, 0) is 35.4 Å². The van der Waals surface area contributed by atoms with Crippen molar-refractivity contribution in [2.45, 2.75) is 6.04 Å². The Labute approximate surface area is 119 Å². The molecular formula is C15H12F2N4. The number of nitrogens with zero attached hydrogens (tertiary/aromatic N) is 2. The molecule has 1 aromatic heterocycles. The predicted octanol–water partition coefficient (Wildman–Crippen LogP) is 2.46. The second kappa shape index (κ2) is 5.51. The number of hydrazine groups is 1. The molecule has 0 saturated heterocycles. The molecule has 0 spiro atoms. The van der Waals surface area contributed by atoms with E-state index in [1.165, 1.54) is 6.07 Å². The van der Waals surface area contributed by atoms with Gasteiger partial charge >= 0.3 is 0 Å². The lowest BCUT2D eigenvalue weighted by molar-refractivity contribution is 0.504. The van der Waals surface area contributed by atoms with E-state index in [1.807, 2.05) is 18.2 Å². The Kier molecular flexibility index (Phi) is 3.55. The number of halogens is 2. The summed E-state index contributed by atoms with van der Waals surface area (Å²) in [7, 11) is 0. The molecule has 1 atom stereocenters. The van der Waals surface area contributed by atoms with Gasteiger partial charge in [0.2, 0.25) is 0 Å². The molecule has 3 N–H and O–H groups in total. The van der Waals surface area contributed by atoms with Gasteiger partial charge in [-0.15, -0.1) is 0 Å². The molecule has 1 unspecified atom stereocenters. The molecule has 21 heavy (non-hydrogen) atoms. The molecule has 0 bridgehead atoms. The zero-order valence-corrected chi connectivity index (χ0v) is 10.9. The monoisotopic (exact) mass is 286 g/mol. The van der Waals surface area contributed by atoms with Crippen molar-refractivity contribution in [1.29, 1.82) is 0 Å². The maximum absolute atomic E-state index is 13.4. The van der Waals surface area contributed by atoms with Crippen molar-refractivity contribution in [3.05, 3.63) is 71.6 Å². The molecule has 3 rings (SSSR count). The second-order valence-electron chi connectivity index (χ2n) is 4.58. The van der Waals surface area contributed by atoms with E-state index < -0.39 is 17.7 Å². The van der Waals surface area contributed by atoms with E-state index in [0.717, 1.165) is 23.2 Å². The van der Waals surface area contributed by atoms with Crippen LogP contribution in [-0.4, -0.2) is 9.97 Å². The van der Waals surface area contributed by atoms with Gasteiger partial charge in [-0.1, -0.05) is 12.1 Å². The van der Waals surface area contributed by atoms with E-state index in [9.17, 15) is 8.78 Å². The van der Waals surface area contributed by atoms with Gasteiger partial charge in [0.15, 0.2) is 11.6 Å². The zero-order chi connectivity index (χ0) is 14.8. The maximum Gasteiger partial charge on any atom is 0.159 e. The van der Waals surface area contributed by atoms with Gasteiger partial charge < -0.3 is 0 Å². The van der Waals surface area contributed by atoms with E-state index in [0.29, 0.717) is 11.1 Å². The van der Waals surface area contributed by atoms with Crippen molar-refractivity contribution in [2.24, 2.45) is 5.84 Å². The van der Waals surface area contributed by atoms with Gasteiger partial charge in [0.1, 0.15) is 0 Å². The Morgan fingerprint density at radius 1 is 0.857 bits per heavy atom. The van der Waals surface area contributed by atoms with Crippen molar-refractivity contribution >= 4 is 11.0 Å². The van der Waals surface area contributed by atoms with Crippen LogP contribution in [0.3, 0.4) is 0 Å². The highest BCUT2D eigenvalue weighted by molar-refractivity contribution is 5.74. The fraction of sp³-hybridized carbons (Fsp3) is 0.0667.